The summed E-state index contributed by atoms with van der Waals surface area (Å²) < 4.78 is 19.1. The number of halogens is 1. The molecule has 0 spiro atoms. The predicted octanol–water partition coefficient (Wildman–Crippen LogP) is 1.88. The first-order valence-corrected chi connectivity index (χ1v) is 7.04. The van der Waals surface area contributed by atoms with Gasteiger partial charge in [-0.1, -0.05) is 11.2 Å². The number of nitriles is 1. The van der Waals surface area contributed by atoms with Gasteiger partial charge in [-0.3, -0.25) is 4.90 Å². The number of piperazine rings is 1. The standard InChI is InChI=1S/C15H16FN5O/c1-10-18-15(22-19-10)14-9-21(7-6-20(14)2)13-5-3-4-12(16)11(13)8-17/h3-5,14H,6-7,9H2,1-2H3/t14-/m0/s1. The van der Waals surface area contributed by atoms with Crippen LogP contribution in [0.15, 0.2) is 22.7 Å². The molecule has 1 aliphatic heterocycles. The molecule has 0 unspecified atom stereocenters. The number of nitrogens with zero attached hydrogens (tertiary/aromatic N) is 5. The Labute approximate surface area is 127 Å². The minimum absolute atomic E-state index is 0.0764. The van der Waals surface area contributed by atoms with Crippen molar-refractivity contribution in [1.82, 2.24) is 15.0 Å². The molecule has 0 saturated carbocycles. The van der Waals surface area contributed by atoms with E-state index in [2.05, 4.69) is 15.0 Å². The van der Waals surface area contributed by atoms with E-state index >= 15 is 0 Å². The second-order valence-corrected chi connectivity index (χ2v) is 5.37. The van der Waals surface area contributed by atoms with E-state index in [4.69, 9.17) is 4.52 Å². The molecule has 2 heterocycles. The van der Waals surface area contributed by atoms with Gasteiger partial charge in [0.25, 0.3) is 0 Å². The van der Waals surface area contributed by atoms with E-state index in [1.807, 2.05) is 18.0 Å². The number of hydrogen-bond acceptors (Lipinski definition) is 6. The molecule has 2 aromatic rings. The molecule has 1 atom stereocenters. The summed E-state index contributed by atoms with van der Waals surface area (Å²) in [5.74, 6) is 0.632. The molecule has 6 nitrogen and oxygen atoms in total. The molecular weight excluding hydrogens is 285 g/mol. The van der Waals surface area contributed by atoms with Crippen LogP contribution in [-0.4, -0.2) is 41.7 Å². The summed E-state index contributed by atoms with van der Waals surface area (Å²) in [5, 5.41) is 13.0. The molecule has 1 aromatic carbocycles. The van der Waals surface area contributed by atoms with Crippen molar-refractivity contribution in [3.8, 4) is 6.07 Å². The van der Waals surface area contributed by atoms with Gasteiger partial charge in [-0.2, -0.15) is 10.2 Å². The minimum atomic E-state index is -0.496. The quantitative estimate of drug-likeness (QED) is 0.843. The highest BCUT2D eigenvalue weighted by Crippen LogP contribution is 2.29. The lowest BCUT2D eigenvalue weighted by atomic mass is 10.1. The molecule has 22 heavy (non-hydrogen) atoms. The zero-order valence-corrected chi connectivity index (χ0v) is 12.5. The number of hydrogen-bond donors (Lipinski definition) is 0. The van der Waals surface area contributed by atoms with Crippen LogP contribution in [0.3, 0.4) is 0 Å². The number of rotatable bonds is 2. The highest BCUT2D eigenvalue weighted by atomic mass is 19.1. The molecule has 0 radical (unpaired) electrons. The minimum Gasteiger partial charge on any atom is -0.367 e. The molecule has 1 aromatic heterocycles. The summed E-state index contributed by atoms with van der Waals surface area (Å²) in [7, 11) is 1.98. The molecule has 1 saturated heterocycles. The first kappa shape index (κ1) is 14.5. The fourth-order valence-electron chi connectivity index (χ4n) is 2.69. The van der Waals surface area contributed by atoms with Crippen LogP contribution in [0.2, 0.25) is 0 Å². The third kappa shape index (κ3) is 2.53. The normalized spacial score (nSPS) is 19.2. The molecule has 1 fully saturated rings. The van der Waals surface area contributed by atoms with Crippen LogP contribution in [0.5, 0.6) is 0 Å². The lowest BCUT2D eigenvalue weighted by molar-refractivity contribution is 0.177. The molecule has 7 heteroatoms. The van der Waals surface area contributed by atoms with Crippen LogP contribution in [0, 0.1) is 24.1 Å². The summed E-state index contributed by atoms with van der Waals surface area (Å²) in [6, 6.07) is 6.56. The van der Waals surface area contributed by atoms with Gasteiger partial charge in [-0.15, -0.1) is 0 Å². The van der Waals surface area contributed by atoms with E-state index in [0.29, 0.717) is 30.5 Å². The van der Waals surface area contributed by atoms with E-state index in [0.717, 1.165) is 6.54 Å². The number of aryl methyl sites for hydroxylation is 1. The highest BCUT2D eigenvalue weighted by molar-refractivity contribution is 5.60. The molecule has 1 aliphatic rings. The number of benzene rings is 1. The average Bonchev–Trinajstić information content (AvgIpc) is 2.94. The largest absolute Gasteiger partial charge is 0.367 e. The SMILES string of the molecule is Cc1noc([C@@H]2CN(c3cccc(F)c3C#N)CCN2C)n1. The number of anilines is 1. The summed E-state index contributed by atoms with van der Waals surface area (Å²) in [4.78, 5) is 8.40. The van der Waals surface area contributed by atoms with Crippen molar-refractivity contribution in [3.05, 3.63) is 41.3 Å². The maximum atomic E-state index is 13.8. The second kappa shape index (κ2) is 5.73. The Morgan fingerprint density at radius 2 is 2.23 bits per heavy atom. The molecule has 3 rings (SSSR count). The van der Waals surface area contributed by atoms with Crippen molar-refractivity contribution < 1.29 is 8.91 Å². The van der Waals surface area contributed by atoms with E-state index in [1.165, 1.54) is 6.07 Å². The van der Waals surface area contributed by atoms with E-state index in [1.54, 1.807) is 19.1 Å². The maximum Gasteiger partial charge on any atom is 0.245 e. The van der Waals surface area contributed by atoms with Crippen LogP contribution >= 0.6 is 0 Å². The van der Waals surface area contributed by atoms with Crippen molar-refractivity contribution in [2.75, 3.05) is 31.6 Å². The van der Waals surface area contributed by atoms with Crippen molar-refractivity contribution in [2.24, 2.45) is 0 Å². The van der Waals surface area contributed by atoms with Gasteiger partial charge in [0.05, 0.1) is 5.69 Å². The lowest BCUT2D eigenvalue weighted by Gasteiger charge is -2.39. The van der Waals surface area contributed by atoms with Crippen LogP contribution in [0.1, 0.15) is 23.3 Å². The van der Waals surface area contributed by atoms with Gasteiger partial charge < -0.3 is 9.42 Å². The fourth-order valence-corrected chi connectivity index (χ4v) is 2.69. The second-order valence-electron chi connectivity index (χ2n) is 5.37. The predicted molar refractivity (Wildman–Crippen MR) is 77.7 cm³/mol. The van der Waals surface area contributed by atoms with Crippen LogP contribution in [-0.2, 0) is 0 Å². The van der Waals surface area contributed by atoms with Crippen molar-refractivity contribution in [1.29, 1.82) is 5.26 Å². The van der Waals surface area contributed by atoms with Crippen molar-refractivity contribution in [2.45, 2.75) is 13.0 Å². The topological polar surface area (TPSA) is 69.2 Å². The van der Waals surface area contributed by atoms with Crippen LogP contribution < -0.4 is 4.90 Å². The van der Waals surface area contributed by atoms with Crippen LogP contribution in [0.25, 0.3) is 0 Å². The zero-order valence-electron chi connectivity index (χ0n) is 12.5. The third-order valence-electron chi connectivity index (χ3n) is 3.92. The van der Waals surface area contributed by atoms with Gasteiger partial charge in [0, 0.05) is 19.6 Å². The van der Waals surface area contributed by atoms with Gasteiger partial charge >= 0.3 is 0 Å². The fraction of sp³-hybridized carbons (Fsp3) is 0.400. The Hall–Kier alpha value is -2.46. The Morgan fingerprint density at radius 3 is 2.91 bits per heavy atom. The van der Waals surface area contributed by atoms with E-state index in [9.17, 15) is 9.65 Å². The number of likely N-dealkylation sites (N-methyl/N-ethyl adjacent to an activating group) is 1. The first-order valence-electron chi connectivity index (χ1n) is 7.04. The number of aromatic nitrogens is 2. The molecule has 114 valence electrons. The summed E-state index contributed by atoms with van der Waals surface area (Å²) >= 11 is 0. The zero-order chi connectivity index (χ0) is 15.7. The van der Waals surface area contributed by atoms with E-state index < -0.39 is 5.82 Å². The summed E-state index contributed by atoms with van der Waals surface area (Å²) in [5.41, 5.74) is 0.685. The molecule has 0 aliphatic carbocycles. The lowest BCUT2D eigenvalue weighted by Crippen LogP contribution is -2.47. The molecule has 0 bridgehead atoms. The van der Waals surface area contributed by atoms with Crippen molar-refractivity contribution >= 4 is 5.69 Å². The van der Waals surface area contributed by atoms with Crippen LogP contribution in [0.4, 0.5) is 10.1 Å². The maximum absolute atomic E-state index is 13.8. The highest BCUT2D eigenvalue weighted by Gasteiger charge is 2.31. The van der Waals surface area contributed by atoms with Gasteiger partial charge in [-0.25, -0.2) is 4.39 Å². The van der Waals surface area contributed by atoms with Gasteiger partial charge in [0.15, 0.2) is 5.82 Å². The molecule has 0 N–H and O–H groups in total. The van der Waals surface area contributed by atoms with E-state index in [-0.39, 0.29) is 11.6 Å². The van der Waals surface area contributed by atoms with Gasteiger partial charge in [0.1, 0.15) is 23.5 Å². The Balaban J connectivity index is 1.91. The Kier molecular flexibility index (Phi) is 3.77. The average molecular weight is 301 g/mol. The van der Waals surface area contributed by atoms with Crippen molar-refractivity contribution in [3.63, 3.8) is 0 Å². The molecular formula is C15H16FN5O. The Bertz CT molecular complexity index is 723. The van der Waals surface area contributed by atoms with Gasteiger partial charge in [0.2, 0.25) is 5.89 Å². The smallest absolute Gasteiger partial charge is 0.245 e. The third-order valence-corrected chi connectivity index (χ3v) is 3.92. The summed E-state index contributed by atoms with van der Waals surface area (Å²) in [6.45, 7) is 3.80. The monoisotopic (exact) mass is 301 g/mol. The first-order chi connectivity index (χ1) is 10.6. The van der Waals surface area contributed by atoms with Gasteiger partial charge in [-0.05, 0) is 26.1 Å². The molecule has 0 amide bonds. The summed E-state index contributed by atoms with van der Waals surface area (Å²) in [6.07, 6.45) is 0. The Morgan fingerprint density at radius 1 is 1.41 bits per heavy atom.